The number of carbonyl (C=O) groups excluding carboxylic acids is 7. The Hall–Kier alpha value is -8.88. The van der Waals surface area contributed by atoms with Crippen LogP contribution in [0.25, 0.3) is 0 Å². The molecule has 2 aliphatic carbocycles. The molecule has 20 nitrogen and oxygen atoms in total. The van der Waals surface area contributed by atoms with Crippen molar-refractivity contribution in [3.05, 3.63) is 155 Å². The van der Waals surface area contributed by atoms with Crippen LogP contribution >= 0.6 is 0 Å². The maximum Gasteiger partial charge on any atom is 0.343 e. The molecule has 7 rings (SSSR count). The lowest BCUT2D eigenvalue weighted by molar-refractivity contribution is -0.149. The van der Waals surface area contributed by atoms with Gasteiger partial charge in [0.25, 0.3) is 0 Å². The van der Waals surface area contributed by atoms with E-state index in [2.05, 4.69) is 44.7 Å². The van der Waals surface area contributed by atoms with Gasteiger partial charge in [-0.05, 0) is 249 Å². The molecule has 2 fully saturated rings. The number of carboxylic acids is 1. The third-order valence-corrected chi connectivity index (χ3v) is 24.2. The van der Waals surface area contributed by atoms with Crippen molar-refractivity contribution >= 4 is 48.4 Å². The SMILES string of the molecule is C=C(C)C(=O)OCCCCCCc1c(OCCCCCCCCOC(=O)CC(C=O)OCCCCCCCCOc2ccc(C(=O)Oc3ccc(C4CCC(CCCCC)CC4)cc3)cc2)ccc(OCCCCCCCCOC(=O)CC(C=O)OCCCCCCCCOc2ccc(C(=O)Oc3ccc(C4CCC(CCCCC)CC4)cc3)cc2)c1C(=O)O. The van der Waals surface area contributed by atoms with E-state index in [1.54, 1.807) is 67.6 Å². The van der Waals surface area contributed by atoms with Crippen LogP contribution < -0.4 is 28.4 Å². The second-order valence-corrected chi connectivity index (χ2v) is 34.5. The molecule has 2 aliphatic rings. The minimum atomic E-state index is -1.09. The van der Waals surface area contributed by atoms with E-state index in [0.717, 1.165) is 166 Å². The molecule has 2 unspecified atom stereocenters. The molecular weight excluding hydrogens is 1580 g/mol. The molecule has 0 radical (unpaired) electrons. The number of ether oxygens (including phenoxy) is 11. The van der Waals surface area contributed by atoms with E-state index in [-0.39, 0.29) is 38.2 Å². The van der Waals surface area contributed by atoms with Gasteiger partial charge >= 0.3 is 35.8 Å². The topological polar surface area (TPSA) is 258 Å². The first-order valence-electron chi connectivity index (χ1n) is 48.2. The Morgan fingerprint density at radius 1 is 0.368 bits per heavy atom. The molecule has 20 heteroatoms. The van der Waals surface area contributed by atoms with Gasteiger partial charge in [0, 0.05) is 24.4 Å². The van der Waals surface area contributed by atoms with Crippen molar-refractivity contribution in [1.82, 2.24) is 0 Å². The number of aldehydes is 2. The maximum atomic E-state index is 13.0. The zero-order valence-electron chi connectivity index (χ0n) is 76.0. The molecule has 0 heterocycles. The number of carboxylic acid groups (broad SMARTS) is 1. The molecule has 5 aromatic carbocycles. The number of esters is 5. The fourth-order valence-electron chi connectivity index (χ4n) is 16.6. The van der Waals surface area contributed by atoms with Gasteiger partial charge in [0.2, 0.25) is 0 Å². The molecule has 0 amide bonds. The number of hydrogen-bond donors (Lipinski definition) is 1. The summed E-state index contributed by atoms with van der Waals surface area (Å²) >= 11 is 0. The van der Waals surface area contributed by atoms with Gasteiger partial charge in [-0.25, -0.2) is 19.2 Å². The Labute approximate surface area is 747 Å². The normalized spacial score (nSPS) is 15.5. The molecule has 0 aromatic heterocycles. The van der Waals surface area contributed by atoms with Gasteiger partial charge < -0.3 is 66.8 Å². The molecule has 0 saturated heterocycles. The number of carbonyl (C=O) groups is 8. The Morgan fingerprint density at radius 3 is 1.06 bits per heavy atom. The van der Waals surface area contributed by atoms with Gasteiger partial charge in [-0.2, -0.15) is 0 Å². The Morgan fingerprint density at radius 2 is 0.696 bits per heavy atom. The third kappa shape index (κ3) is 43.5. The molecule has 0 bridgehead atoms. The second kappa shape index (κ2) is 63.9. The molecule has 5 aromatic rings. The fourth-order valence-corrected chi connectivity index (χ4v) is 16.6. The predicted octanol–water partition coefficient (Wildman–Crippen LogP) is 25.1. The Kier molecular flexibility index (Phi) is 52.8. The van der Waals surface area contributed by atoms with Crippen LogP contribution in [0.15, 0.2) is 121 Å². The fraction of sp³-hybridized carbons (Fsp3) is 0.619. The van der Waals surface area contributed by atoms with Crippen LogP contribution in [-0.2, 0) is 54.1 Å². The van der Waals surface area contributed by atoms with Crippen molar-refractivity contribution in [1.29, 1.82) is 0 Å². The van der Waals surface area contributed by atoms with Crippen molar-refractivity contribution in [3.8, 4) is 34.5 Å². The molecule has 1 N–H and O–H groups in total. The van der Waals surface area contributed by atoms with Crippen molar-refractivity contribution in [2.75, 3.05) is 59.5 Å². The van der Waals surface area contributed by atoms with Crippen LogP contribution in [0.1, 0.15) is 376 Å². The standard InChI is InChI=1S/C105H150O20/c1-5-7-27-39-82-42-46-84(47-43-82)86-50-62-92(63-51-86)124-104(113)88-54-58-90(59-55-88)115-68-30-18-9-11-20-32-70-117-94(79-106)77-99(108)121-74-36-24-15-13-22-34-72-119-97-66-67-98(101(102(110)111)96(97)41-29-17-26-38-76-123-103(112)81(3)4)120-73-35-23-14-16-25-37-75-122-100(109)78-95(80-107)118-71-33-21-12-10-19-31-69-116-91-60-56-89(57-61-91)105(114)125-93-64-52-87(53-65-93)85-48-44-83(45-49-85)40-28-8-6-2/h50-67,79-80,82-85,94-95H,3,5-49,68-78H2,1-2,4H3,(H,110,111). The summed E-state index contributed by atoms with van der Waals surface area (Å²) in [7, 11) is 0. The predicted molar refractivity (Wildman–Crippen MR) is 490 cm³/mol. The molecule has 2 saturated carbocycles. The smallest absolute Gasteiger partial charge is 0.343 e. The minimum Gasteiger partial charge on any atom is -0.494 e. The molecule has 0 spiro atoms. The van der Waals surface area contributed by atoms with Crippen LogP contribution in [-0.4, -0.2) is 125 Å². The number of rotatable bonds is 71. The quantitative estimate of drug-likeness (QED) is 0.00947. The van der Waals surface area contributed by atoms with E-state index in [0.29, 0.717) is 153 Å². The molecule has 125 heavy (non-hydrogen) atoms. The summed E-state index contributed by atoms with van der Waals surface area (Å²) in [5.74, 6) is 3.05. The van der Waals surface area contributed by atoms with Gasteiger partial charge in [-0.15, -0.1) is 0 Å². The highest BCUT2D eigenvalue weighted by atomic mass is 16.6. The van der Waals surface area contributed by atoms with E-state index >= 15 is 0 Å². The largest absolute Gasteiger partial charge is 0.494 e. The van der Waals surface area contributed by atoms with Crippen molar-refractivity contribution in [2.24, 2.45) is 11.8 Å². The van der Waals surface area contributed by atoms with E-state index < -0.39 is 48.0 Å². The highest BCUT2D eigenvalue weighted by Gasteiger charge is 2.27. The third-order valence-electron chi connectivity index (χ3n) is 24.2. The van der Waals surface area contributed by atoms with Crippen LogP contribution in [0, 0.1) is 11.8 Å². The van der Waals surface area contributed by atoms with Gasteiger partial charge in [0.15, 0.2) is 0 Å². The summed E-state index contributed by atoms with van der Waals surface area (Å²) < 4.78 is 63.3. The number of hydrogen-bond acceptors (Lipinski definition) is 19. The summed E-state index contributed by atoms with van der Waals surface area (Å²) in [6, 6.07) is 33.8. The zero-order valence-corrected chi connectivity index (χ0v) is 76.0. The summed E-state index contributed by atoms with van der Waals surface area (Å²) in [6.07, 6.45) is 45.1. The molecule has 690 valence electrons. The van der Waals surface area contributed by atoms with Gasteiger partial charge in [0.1, 0.15) is 64.8 Å². The summed E-state index contributed by atoms with van der Waals surface area (Å²) in [5.41, 5.74) is 4.66. The van der Waals surface area contributed by atoms with Gasteiger partial charge in [0.05, 0.1) is 70.2 Å². The number of unbranched alkanes of at least 4 members (excludes halogenated alkanes) is 27. The highest BCUT2D eigenvalue weighted by molar-refractivity contribution is 5.94. The first-order valence-corrected chi connectivity index (χ1v) is 48.2. The van der Waals surface area contributed by atoms with Crippen LogP contribution in [0.5, 0.6) is 34.5 Å². The first kappa shape index (κ1) is 103. The van der Waals surface area contributed by atoms with E-state index in [9.17, 15) is 43.5 Å². The zero-order chi connectivity index (χ0) is 89.0. The van der Waals surface area contributed by atoms with E-state index in [1.165, 1.54) is 114 Å². The van der Waals surface area contributed by atoms with E-state index in [4.69, 9.17) is 52.1 Å². The van der Waals surface area contributed by atoms with Crippen molar-refractivity contribution < 1.29 is 95.6 Å². The number of benzene rings is 5. The maximum absolute atomic E-state index is 13.0. The highest BCUT2D eigenvalue weighted by Crippen LogP contribution is 2.41. The second-order valence-electron chi connectivity index (χ2n) is 34.5. The average molecular weight is 1730 g/mol. The molecular formula is C105H150O20. The molecule has 0 aliphatic heterocycles. The first-order chi connectivity index (χ1) is 61.1. The Bertz CT molecular complexity index is 3820. The lowest BCUT2D eigenvalue weighted by Gasteiger charge is -2.29. The lowest BCUT2D eigenvalue weighted by Crippen LogP contribution is -2.21. The summed E-state index contributed by atoms with van der Waals surface area (Å²) in [5, 5.41) is 10.6. The van der Waals surface area contributed by atoms with Gasteiger partial charge in [-0.1, -0.05) is 212 Å². The van der Waals surface area contributed by atoms with Crippen LogP contribution in [0.4, 0.5) is 0 Å². The van der Waals surface area contributed by atoms with Crippen LogP contribution in [0.3, 0.4) is 0 Å². The van der Waals surface area contributed by atoms with Gasteiger partial charge in [-0.3, -0.25) is 9.59 Å². The molecule has 2 atom stereocenters. The van der Waals surface area contributed by atoms with Crippen molar-refractivity contribution in [2.45, 2.75) is 347 Å². The van der Waals surface area contributed by atoms with E-state index in [1.807, 2.05) is 24.3 Å². The van der Waals surface area contributed by atoms with Crippen molar-refractivity contribution in [3.63, 3.8) is 0 Å². The minimum absolute atomic E-state index is 0.103. The summed E-state index contributed by atoms with van der Waals surface area (Å²) in [4.78, 5) is 99.4. The van der Waals surface area contributed by atoms with Crippen LogP contribution in [0.2, 0.25) is 0 Å². The average Bonchev–Trinajstić information content (AvgIpc) is 0.805. The summed E-state index contributed by atoms with van der Waals surface area (Å²) in [6.45, 7) is 13.3. The Balaban J connectivity index is 0.655. The number of aromatic carboxylic acids is 1. The lowest BCUT2D eigenvalue weighted by atomic mass is 9.77. The monoisotopic (exact) mass is 1730 g/mol.